The molecule has 5 rings (SSSR count). The largest absolute Gasteiger partial charge is 0.469 e. The standard InChI is InChI=1S/C32H37NO2/c1-23-18-19-32(2,31(34)35-3)29-17-15-26-14-16-27(20-28(26)30(23)29)33(21-24-10-6-4-7-11-24)22-25-12-8-5-9-13-25/h4-14,16,20,23,29-30H,15,17-19,21-22H2,1-3H3/t23-,29+,30+,32-/m0/s1. The monoisotopic (exact) mass is 467 g/mol. The van der Waals surface area contributed by atoms with E-state index in [0.29, 0.717) is 17.8 Å². The molecule has 0 aliphatic heterocycles. The Morgan fingerprint density at radius 1 is 0.943 bits per heavy atom. The summed E-state index contributed by atoms with van der Waals surface area (Å²) in [5, 5.41) is 0. The van der Waals surface area contributed by atoms with E-state index in [4.69, 9.17) is 4.74 Å². The van der Waals surface area contributed by atoms with Gasteiger partial charge in [0.15, 0.2) is 0 Å². The molecule has 0 spiro atoms. The molecule has 0 saturated heterocycles. The predicted molar refractivity (Wildman–Crippen MR) is 142 cm³/mol. The zero-order chi connectivity index (χ0) is 24.4. The Balaban J connectivity index is 1.52. The molecule has 35 heavy (non-hydrogen) atoms. The highest BCUT2D eigenvalue weighted by molar-refractivity contribution is 5.77. The molecule has 2 aliphatic carbocycles. The lowest BCUT2D eigenvalue weighted by Crippen LogP contribution is -2.47. The number of ether oxygens (including phenoxy) is 1. The van der Waals surface area contributed by atoms with Crippen molar-refractivity contribution in [3.63, 3.8) is 0 Å². The summed E-state index contributed by atoms with van der Waals surface area (Å²) in [5.74, 6) is 1.25. The molecule has 0 amide bonds. The molecule has 0 heterocycles. The number of anilines is 1. The zero-order valence-corrected chi connectivity index (χ0v) is 21.2. The van der Waals surface area contributed by atoms with Crippen molar-refractivity contribution in [2.24, 2.45) is 17.3 Å². The van der Waals surface area contributed by atoms with Crippen molar-refractivity contribution in [3.05, 3.63) is 101 Å². The highest BCUT2D eigenvalue weighted by Crippen LogP contribution is 2.56. The first-order valence-electron chi connectivity index (χ1n) is 13.0. The molecular weight excluding hydrogens is 430 g/mol. The molecule has 0 bridgehead atoms. The Bertz CT molecular complexity index is 1120. The molecule has 0 unspecified atom stereocenters. The number of hydrogen-bond acceptors (Lipinski definition) is 3. The SMILES string of the molecule is COC(=O)[C@@]1(C)CC[C@H](C)[C@@H]2c3cc(N(Cc4ccccc4)Cc4ccccc4)ccc3CC[C@H]21. The van der Waals surface area contributed by atoms with Gasteiger partial charge in [-0.25, -0.2) is 0 Å². The maximum absolute atomic E-state index is 12.9. The molecular formula is C32H37NO2. The number of methoxy groups -OCH3 is 1. The summed E-state index contributed by atoms with van der Waals surface area (Å²) >= 11 is 0. The lowest BCUT2D eigenvalue weighted by molar-refractivity contribution is -0.160. The number of carbonyl (C=O) groups excluding carboxylic acids is 1. The maximum Gasteiger partial charge on any atom is 0.311 e. The van der Waals surface area contributed by atoms with Crippen LogP contribution in [0, 0.1) is 17.3 Å². The molecule has 0 radical (unpaired) electrons. The third-order valence-electron chi connectivity index (χ3n) is 8.65. The van der Waals surface area contributed by atoms with Gasteiger partial charge in [0.2, 0.25) is 0 Å². The van der Waals surface area contributed by atoms with E-state index in [1.165, 1.54) is 27.9 Å². The van der Waals surface area contributed by atoms with E-state index < -0.39 is 5.41 Å². The number of hydrogen-bond donors (Lipinski definition) is 0. The molecule has 3 aromatic rings. The van der Waals surface area contributed by atoms with E-state index in [1.807, 2.05) is 0 Å². The fourth-order valence-corrected chi connectivity index (χ4v) is 6.67. The Morgan fingerprint density at radius 3 is 2.17 bits per heavy atom. The number of nitrogens with zero attached hydrogens (tertiary/aromatic N) is 1. The van der Waals surface area contributed by atoms with Crippen LogP contribution in [0.2, 0.25) is 0 Å². The fraction of sp³-hybridized carbons (Fsp3) is 0.406. The van der Waals surface area contributed by atoms with Crippen LogP contribution in [0.3, 0.4) is 0 Å². The number of rotatable bonds is 6. The summed E-state index contributed by atoms with van der Waals surface area (Å²) in [5.41, 5.74) is 6.39. The second-order valence-electron chi connectivity index (χ2n) is 10.8. The van der Waals surface area contributed by atoms with Crippen LogP contribution in [0.15, 0.2) is 78.9 Å². The van der Waals surface area contributed by atoms with Crippen molar-refractivity contribution in [3.8, 4) is 0 Å². The Hall–Kier alpha value is -3.07. The minimum absolute atomic E-state index is 0.0335. The topological polar surface area (TPSA) is 29.5 Å². The lowest BCUT2D eigenvalue weighted by Gasteiger charge is -2.50. The van der Waals surface area contributed by atoms with Crippen LogP contribution in [0.25, 0.3) is 0 Å². The normalized spacial score (nSPS) is 25.3. The van der Waals surface area contributed by atoms with Crippen LogP contribution in [0.1, 0.15) is 61.3 Å². The van der Waals surface area contributed by atoms with Gasteiger partial charge in [-0.15, -0.1) is 0 Å². The van der Waals surface area contributed by atoms with Gasteiger partial charge in [0.1, 0.15) is 0 Å². The van der Waals surface area contributed by atoms with Gasteiger partial charge in [0, 0.05) is 18.8 Å². The highest BCUT2D eigenvalue weighted by atomic mass is 16.5. The van der Waals surface area contributed by atoms with Crippen molar-refractivity contribution in [1.82, 2.24) is 0 Å². The first-order valence-corrected chi connectivity index (χ1v) is 13.0. The van der Waals surface area contributed by atoms with Gasteiger partial charge in [-0.3, -0.25) is 4.79 Å². The third-order valence-corrected chi connectivity index (χ3v) is 8.65. The number of carbonyl (C=O) groups is 1. The molecule has 3 aromatic carbocycles. The molecule has 3 heteroatoms. The summed E-state index contributed by atoms with van der Waals surface area (Å²) in [6.45, 7) is 6.24. The molecule has 4 atom stereocenters. The van der Waals surface area contributed by atoms with Crippen molar-refractivity contribution in [1.29, 1.82) is 0 Å². The van der Waals surface area contributed by atoms with Crippen molar-refractivity contribution >= 4 is 11.7 Å². The first kappa shape index (κ1) is 23.7. The van der Waals surface area contributed by atoms with Gasteiger partial charge in [-0.1, -0.05) is 73.7 Å². The summed E-state index contributed by atoms with van der Waals surface area (Å²) < 4.78 is 5.31. The minimum Gasteiger partial charge on any atom is -0.469 e. The molecule has 1 saturated carbocycles. The van der Waals surface area contributed by atoms with E-state index in [0.717, 1.165) is 38.8 Å². The summed E-state index contributed by atoms with van der Waals surface area (Å²) in [6.07, 6.45) is 4.08. The van der Waals surface area contributed by atoms with E-state index in [-0.39, 0.29) is 5.97 Å². The fourth-order valence-electron chi connectivity index (χ4n) is 6.67. The Morgan fingerprint density at radius 2 is 1.57 bits per heavy atom. The van der Waals surface area contributed by atoms with Gasteiger partial charge in [-0.05, 0) is 84.7 Å². The van der Waals surface area contributed by atoms with Crippen molar-refractivity contribution in [2.45, 2.75) is 58.5 Å². The molecule has 0 N–H and O–H groups in total. The molecule has 2 aliphatic rings. The van der Waals surface area contributed by atoms with Crippen LogP contribution in [-0.4, -0.2) is 13.1 Å². The average molecular weight is 468 g/mol. The number of esters is 1. The Kier molecular flexibility index (Phi) is 6.69. The van der Waals surface area contributed by atoms with E-state index in [1.54, 1.807) is 7.11 Å². The highest BCUT2D eigenvalue weighted by Gasteiger charge is 2.52. The Labute approximate surface area is 210 Å². The summed E-state index contributed by atoms with van der Waals surface area (Å²) in [7, 11) is 1.54. The van der Waals surface area contributed by atoms with Gasteiger partial charge in [0.25, 0.3) is 0 Å². The number of fused-ring (bicyclic) bond motifs is 3. The van der Waals surface area contributed by atoms with E-state index in [9.17, 15) is 4.79 Å². The predicted octanol–water partition coefficient (Wildman–Crippen LogP) is 7.15. The molecule has 182 valence electrons. The minimum atomic E-state index is -0.395. The molecule has 0 aromatic heterocycles. The molecule has 1 fully saturated rings. The summed E-state index contributed by atoms with van der Waals surface area (Å²) in [6, 6.07) is 28.5. The smallest absolute Gasteiger partial charge is 0.311 e. The van der Waals surface area contributed by atoms with Crippen LogP contribution in [0.4, 0.5) is 5.69 Å². The number of aryl methyl sites for hydroxylation is 1. The van der Waals surface area contributed by atoms with Gasteiger partial charge < -0.3 is 9.64 Å². The van der Waals surface area contributed by atoms with Gasteiger partial charge in [-0.2, -0.15) is 0 Å². The quantitative estimate of drug-likeness (QED) is 0.361. The number of benzene rings is 3. The van der Waals surface area contributed by atoms with Crippen LogP contribution in [0.5, 0.6) is 0 Å². The van der Waals surface area contributed by atoms with Gasteiger partial charge >= 0.3 is 5.97 Å². The molecule has 3 nitrogen and oxygen atoms in total. The van der Waals surface area contributed by atoms with E-state index in [2.05, 4.69) is 97.6 Å². The van der Waals surface area contributed by atoms with E-state index >= 15 is 0 Å². The lowest BCUT2D eigenvalue weighted by atomic mass is 9.54. The van der Waals surface area contributed by atoms with Crippen molar-refractivity contribution < 1.29 is 9.53 Å². The maximum atomic E-state index is 12.9. The van der Waals surface area contributed by atoms with Crippen LogP contribution in [-0.2, 0) is 29.0 Å². The second kappa shape index (κ2) is 9.89. The average Bonchev–Trinajstić information content (AvgIpc) is 2.90. The van der Waals surface area contributed by atoms with Crippen LogP contribution >= 0.6 is 0 Å². The zero-order valence-electron chi connectivity index (χ0n) is 21.2. The summed E-state index contributed by atoms with van der Waals surface area (Å²) in [4.78, 5) is 15.4. The van der Waals surface area contributed by atoms with Crippen LogP contribution < -0.4 is 4.90 Å². The second-order valence-corrected chi connectivity index (χ2v) is 10.8. The third kappa shape index (κ3) is 4.61. The van der Waals surface area contributed by atoms with Crippen molar-refractivity contribution in [2.75, 3.05) is 12.0 Å². The van der Waals surface area contributed by atoms with Gasteiger partial charge in [0.05, 0.1) is 12.5 Å². The first-order chi connectivity index (χ1) is 17.0.